The first-order valence-electron chi connectivity index (χ1n) is 6.17. The molecule has 3 nitrogen and oxygen atoms in total. The predicted octanol–water partition coefficient (Wildman–Crippen LogP) is 2.88. The number of ether oxygens (including phenoxy) is 1. The van der Waals surface area contributed by atoms with Crippen LogP contribution in [0, 0.1) is 0 Å². The fraction of sp³-hybridized carbons (Fsp3) is 0.333. The minimum absolute atomic E-state index is 0.306. The average molecular weight is 244 g/mol. The van der Waals surface area contributed by atoms with Gasteiger partial charge >= 0.3 is 0 Å². The molecule has 0 aliphatic rings. The van der Waals surface area contributed by atoms with Crippen LogP contribution in [-0.2, 0) is 13.6 Å². The molecule has 1 aromatic heterocycles. The van der Waals surface area contributed by atoms with Gasteiger partial charge in [0.2, 0.25) is 0 Å². The van der Waals surface area contributed by atoms with Gasteiger partial charge in [-0.2, -0.15) is 0 Å². The summed E-state index contributed by atoms with van der Waals surface area (Å²) in [6.07, 6.45) is 4.19. The molecule has 0 bridgehead atoms. The number of methoxy groups -OCH3 is 1. The van der Waals surface area contributed by atoms with Gasteiger partial charge in [0.15, 0.2) is 0 Å². The van der Waals surface area contributed by atoms with Gasteiger partial charge in [-0.25, -0.2) is 0 Å². The fourth-order valence-electron chi connectivity index (χ4n) is 1.97. The molecule has 2 rings (SSSR count). The molecular formula is C15H20N2O. The summed E-state index contributed by atoms with van der Waals surface area (Å²) in [5.41, 5.74) is 2.54. The highest BCUT2D eigenvalue weighted by atomic mass is 16.5. The van der Waals surface area contributed by atoms with Crippen molar-refractivity contribution < 1.29 is 4.74 Å². The van der Waals surface area contributed by atoms with Crippen molar-refractivity contribution in [1.82, 2.24) is 9.88 Å². The summed E-state index contributed by atoms with van der Waals surface area (Å²) in [6, 6.07) is 10.6. The summed E-state index contributed by atoms with van der Waals surface area (Å²) >= 11 is 0. The largest absolute Gasteiger partial charge is 0.497 e. The van der Waals surface area contributed by atoms with E-state index < -0.39 is 0 Å². The molecule has 0 unspecified atom stereocenters. The molecule has 1 atom stereocenters. The summed E-state index contributed by atoms with van der Waals surface area (Å²) in [4.78, 5) is 0. The Labute approximate surface area is 108 Å². The summed E-state index contributed by atoms with van der Waals surface area (Å²) < 4.78 is 7.30. The van der Waals surface area contributed by atoms with Crippen LogP contribution in [0.1, 0.15) is 24.1 Å². The molecule has 0 saturated heterocycles. The van der Waals surface area contributed by atoms with E-state index in [1.165, 1.54) is 11.1 Å². The molecule has 0 saturated carbocycles. The highest BCUT2D eigenvalue weighted by Gasteiger charge is 2.06. The van der Waals surface area contributed by atoms with E-state index in [0.717, 1.165) is 12.3 Å². The number of benzene rings is 1. The molecule has 2 aromatic rings. The zero-order valence-corrected chi connectivity index (χ0v) is 11.2. The second-order valence-electron chi connectivity index (χ2n) is 4.56. The van der Waals surface area contributed by atoms with E-state index in [1.807, 2.05) is 19.2 Å². The van der Waals surface area contributed by atoms with Crippen LogP contribution >= 0.6 is 0 Å². The zero-order chi connectivity index (χ0) is 13.0. The monoisotopic (exact) mass is 244 g/mol. The third kappa shape index (κ3) is 3.14. The number of nitrogens with one attached hydrogen (secondary N) is 1. The molecule has 1 N–H and O–H groups in total. The Bertz CT molecular complexity index is 505. The molecule has 0 amide bonds. The third-order valence-electron chi connectivity index (χ3n) is 3.10. The van der Waals surface area contributed by atoms with Crippen molar-refractivity contribution in [3.05, 3.63) is 53.9 Å². The van der Waals surface area contributed by atoms with Crippen LogP contribution in [0.3, 0.4) is 0 Å². The Hall–Kier alpha value is -1.74. The Morgan fingerprint density at radius 1 is 1.33 bits per heavy atom. The Balaban J connectivity index is 1.96. The van der Waals surface area contributed by atoms with Crippen molar-refractivity contribution >= 4 is 0 Å². The van der Waals surface area contributed by atoms with Gasteiger partial charge < -0.3 is 14.6 Å². The lowest BCUT2D eigenvalue weighted by Gasteiger charge is -2.14. The van der Waals surface area contributed by atoms with Gasteiger partial charge in [0.1, 0.15) is 5.75 Å². The maximum absolute atomic E-state index is 5.24. The number of hydrogen-bond donors (Lipinski definition) is 1. The van der Waals surface area contributed by atoms with E-state index in [0.29, 0.717) is 6.04 Å². The first-order chi connectivity index (χ1) is 8.69. The topological polar surface area (TPSA) is 26.2 Å². The molecule has 0 aliphatic heterocycles. The van der Waals surface area contributed by atoms with Crippen LogP contribution < -0.4 is 10.1 Å². The fourth-order valence-corrected chi connectivity index (χ4v) is 1.97. The third-order valence-corrected chi connectivity index (χ3v) is 3.10. The second kappa shape index (κ2) is 5.74. The highest BCUT2D eigenvalue weighted by Crippen LogP contribution is 2.19. The standard InChI is InChI=1S/C15H20N2O/c1-12(14-5-4-6-15(9-14)18-3)16-10-13-7-8-17(2)11-13/h4-9,11-12,16H,10H2,1-3H3/t12-/m0/s1. The SMILES string of the molecule is COc1cccc([C@H](C)NCc2ccn(C)c2)c1. The lowest BCUT2D eigenvalue weighted by Crippen LogP contribution is -2.17. The van der Waals surface area contributed by atoms with E-state index >= 15 is 0 Å². The number of hydrogen-bond acceptors (Lipinski definition) is 2. The van der Waals surface area contributed by atoms with Crippen LogP contribution in [0.2, 0.25) is 0 Å². The van der Waals surface area contributed by atoms with Gasteiger partial charge in [-0.3, -0.25) is 0 Å². The molecule has 1 heterocycles. The van der Waals surface area contributed by atoms with Gasteiger partial charge in [0, 0.05) is 32.0 Å². The van der Waals surface area contributed by atoms with Crippen molar-refractivity contribution in [3.63, 3.8) is 0 Å². The second-order valence-corrected chi connectivity index (χ2v) is 4.56. The van der Waals surface area contributed by atoms with Gasteiger partial charge in [0.25, 0.3) is 0 Å². The van der Waals surface area contributed by atoms with Crippen LogP contribution in [-0.4, -0.2) is 11.7 Å². The first-order valence-corrected chi connectivity index (χ1v) is 6.17. The zero-order valence-electron chi connectivity index (χ0n) is 11.2. The van der Waals surface area contributed by atoms with Gasteiger partial charge in [-0.15, -0.1) is 0 Å². The number of nitrogens with zero attached hydrogens (tertiary/aromatic N) is 1. The molecule has 0 aliphatic carbocycles. The molecule has 96 valence electrons. The number of aryl methyl sites for hydroxylation is 1. The van der Waals surface area contributed by atoms with Crippen LogP contribution in [0.4, 0.5) is 0 Å². The Morgan fingerprint density at radius 3 is 2.83 bits per heavy atom. The maximum Gasteiger partial charge on any atom is 0.119 e. The van der Waals surface area contributed by atoms with Crippen molar-refractivity contribution in [2.75, 3.05) is 7.11 Å². The van der Waals surface area contributed by atoms with Crippen molar-refractivity contribution in [3.8, 4) is 5.75 Å². The van der Waals surface area contributed by atoms with Gasteiger partial charge in [0.05, 0.1) is 7.11 Å². The summed E-state index contributed by atoms with van der Waals surface area (Å²) in [5, 5.41) is 3.51. The van der Waals surface area contributed by atoms with Crippen LogP contribution in [0.5, 0.6) is 5.75 Å². The van der Waals surface area contributed by atoms with E-state index in [-0.39, 0.29) is 0 Å². The predicted molar refractivity (Wildman–Crippen MR) is 73.7 cm³/mol. The van der Waals surface area contributed by atoms with Gasteiger partial charge in [-0.1, -0.05) is 12.1 Å². The Morgan fingerprint density at radius 2 is 2.17 bits per heavy atom. The molecule has 0 spiro atoms. The molecule has 18 heavy (non-hydrogen) atoms. The van der Waals surface area contributed by atoms with E-state index in [1.54, 1.807) is 7.11 Å². The summed E-state index contributed by atoms with van der Waals surface area (Å²) in [5.74, 6) is 0.904. The lowest BCUT2D eigenvalue weighted by atomic mass is 10.1. The molecule has 0 fully saturated rings. The van der Waals surface area contributed by atoms with Crippen molar-refractivity contribution in [2.45, 2.75) is 19.5 Å². The average Bonchev–Trinajstić information content (AvgIpc) is 2.82. The molecule has 3 heteroatoms. The summed E-state index contributed by atoms with van der Waals surface area (Å²) in [7, 11) is 3.73. The Kier molecular flexibility index (Phi) is 4.05. The normalized spacial score (nSPS) is 12.4. The number of rotatable bonds is 5. The quantitative estimate of drug-likeness (QED) is 0.875. The van der Waals surface area contributed by atoms with Gasteiger partial charge in [-0.05, 0) is 36.2 Å². The minimum Gasteiger partial charge on any atom is -0.497 e. The lowest BCUT2D eigenvalue weighted by molar-refractivity contribution is 0.413. The highest BCUT2D eigenvalue weighted by molar-refractivity contribution is 5.30. The molecule has 1 aromatic carbocycles. The smallest absolute Gasteiger partial charge is 0.119 e. The van der Waals surface area contributed by atoms with Crippen LogP contribution in [0.15, 0.2) is 42.7 Å². The van der Waals surface area contributed by atoms with Crippen LogP contribution in [0.25, 0.3) is 0 Å². The maximum atomic E-state index is 5.24. The van der Waals surface area contributed by atoms with Crippen molar-refractivity contribution in [1.29, 1.82) is 0 Å². The van der Waals surface area contributed by atoms with Crippen molar-refractivity contribution in [2.24, 2.45) is 7.05 Å². The molecular weight excluding hydrogens is 224 g/mol. The van der Waals surface area contributed by atoms with E-state index in [2.05, 4.69) is 47.4 Å². The molecule has 0 radical (unpaired) electrons. The number of aromatic nitrogens is 1. The minimum atomic E-state index is 0.306. The first kappa shape index (κ1) is 12.7. The van der Waals surface area contributed by atoms with E-state index in [9.17, 15) is 0 Å². The van der Waals surface area contributed by atoms with E-state index in [4.69, 9.17) is 4.74 Å². The summed E-state index contributed by atoms with van der Waals surface area (Å²) in [6.45, 7) is 3.04.